The predicted octanol–water partition coefficient (Wildman–Crippen LogP) is 6.46. The van der Waals surface area contributed by atoms with Gasteiger partial charge < -0.3 is 18.1 Å². The molecular weight excluding hydrogens is 428 g/mol. The Balaban J connectivity index is 0. The molecule has 0 saturated heterocycles. The molecule has 0 aromatic heterocycles. The first-order chi connectivity index (χ1) is 12.5. The van der Waals surface area contributed by atoms with Gasteiger partial charge in [0.2, 0.25) is 0 Å². The molecule has 1 N–H and O–H groups in total. The van der Waals surface area contributed by atoms with Crippen molar-refractivity contribution < 1.29 is 22.9 Å². The van der Waals surface area contributed by atoms with Gasteiger partial charge in [0.15, 0.2) is 22.4 Å². The quantitative estimate of drug-likeness (QED) is 0.226. The molecule has 0 heterocycles. The Labute approximate surface area is 188 Å². The number of ether oxygens (including phenoxy) is 1. The van der Waals surface area contributed by atoms with Gasteiger partial charge in [-0.3, -0.25) is 4.79 Å². The number of rotatable bonds is 11. The molecule has 0 saturated carbocycles. The van der Waals surface area contributed by atoms with E-state index in [2.05, 4.69) is 45.8 Å². The van der Waals surface area contributed by atoms with Crippen LogP contribution in [-0.4, -0.2) is 48.3 Å². The molecule has 0 bridgehead atoms. The van der Waals surface area contributed by atoms with Crippen molar-refractivity contribution in [2.45, 2.75) is 92.6 Å². The zero-order chi connectivity index (χ0) is 21.8. The standard InChI is InChI=1S/C20H38O5Si3.2CH4/c1-20(2,22)19(21)17-11-13-18(14-12-17)23-15-10-16-28(9,24-26(3,4)5)25-27(6,7)8;;/h11-14,22H,10,15-16H2,1-9H3;2*1H4. The highest BCUT2D eigenvalue weighted by Crippen LogP contribution is 2.26. The zero-order valence-corrected chi connectivity index (χ0v) is 22.0. The number of ketones is 1. The van der Waals surface area contributed by atoms with Crippen LogP contribution in [0.4, 0.5) is 0 Å². The van der Waals surface area contributed by atoms with E-state index < -0.39 is 30.8 Å². The van der Waals surface area contributed by atoms with E-state index in [4.69, 9.17) is 13.0 Å². The summed E-state index contributed by atoms with van der Waals surface area (Å²) < 4.78 is 18.8. The molecule has 1 aromatic carbocycles. The van der Waals surface area contributed by atoms with Gasteiger partial charge in [-0.15, -0.1) is 0 Å². The zero-order valence-electron chi connectivity index (χ0n) is 19.0. The lowest BCUT2D eigenvalue weighted by Crippen LogP contribution is -2.52. The minimum atomic E-state index is -2.23. The van der Waals surface area contributed by atoms with Crippen LogP contribution in [0.2, 0.25) is 51.9 Å². The number of hydrogen-bond acceptors (Lipinski definition) is 5. The molecule has 0 unspecified atom stereocenters. The van der Waals surface area contributed by atoms with Crippen LogP contribution in [0.1, 0.15) is 45.5 Å². The molecule has 5 nitrogen and oxygen atoms in total. The average Bonchev–Trinajstić information content (AvgIpc) is 2.47. The lowest BCUT2D eigenvalue weighted by Gasteiger charge is -2.38. The highest BCUT2D eigenvalue weighted by Gasteiger charge is 2.39. The van der Waals surface area contributed by atoms with Crippen molar-refractivity contribution in [3.63, 3.8) is 0 Å². The monoisotopic (exact) mass is 474 g/mol. The average molecular weight is 475 g/mol. The molecule has 8 heteroatoms. The van der Waals surface area contributed by atoms with Gasteiger partial charge >= 0.3 is 8.56 Å². The minimum absolute atomic E-state index is 0. The normalized spacial score (nSPS) is 12.6. The van der Waals surface area contributed by atoms with Crippen LogP contribution in [0.3, 0.4) is 0 Å². The maximum Gasteiger partial charge on any atom is 0.314 e. The Morgan fingerprint density at radius 2 is 1.33 bits per heavy atom. The third kappa shape index (κ3) is 12.2. The van der Waals surface area contributed by atoms with Gasteiger partial charge in [0.1, 0.15) is 11.4 Å². The SMILES string of the molecule is C.C.CC(C)(O)C(=O)c1ccc(OCCC[Si](C)(O[Si](C)(C)C)O[Si](C)(C)C)cc1. The summed E-state index contributed by atoms with van der Waals surface area (Å²) >= 11 is 0. The van der Waals surface area contributed by atoms with Crippen LogP contribution in [0.25, 0.3) is 0 Å². The maximum absolute atomic E-state index is 12.1. The highest BCUT2D eigenvalue weighted by molar-refractivity contribution is 6.87. The Morgan fingerprint density at radius 3 is 1.70 bits per heavy atom. The molecule has 0 radical (unpaired) electrons. The van der Waals surface area contributed by atoms with Crippen LogP contribution in [0.5, 0.6) is 5.75 Å². The first-order valence-electron chi connectivity index (χ1n) is 9.91. The summed E-state index contributed by atoms with van der Waals surface area (Å²) in [7, 11) is -5.60. The third-order valence-electron chi connectivity index (χ3n) is 3.76. The Kier molecular flexibility index (Phi) is 12.3. The number of carbonyl (C=O) groups is 1. The van der Waals surface area contributed by atoms with E-state index in [0.29, 0.717) is 17.9 Å². The summed E-state index contributed by atoms with van der Waals surface area (Å²) in [5, 5.41) is 9.82. The van der Waals surface area contributed by atoms with Crippen LogP contribution in [0.15, 0.2) is 24.3 Å². The fourth-order valence-corrected chi connectivity index (χ4v) is 15.6. The third-order valence-corrected chi connectivity index (χ3v) is 13.4. The second-order valence-corrected chi connectivity index (χ2v) is 22.8. The molecule has 0 aliphatic rings. The van der Waals surface area contributed by atoms with Crippen molar-refractivity contribution in [3.8, 4) is 5.75 Å². The summed E-state index contributed by atoms with van der Waals surface area (Å²) in [6, 6.07) is 7.82. The second-order valence-electron chi connectivity index (χ2n) is 9.93. The summed E-state index contributed by atoms with van der Waals surface area (Å²) in [6.07, 6.45) is 0.863. The first-order valence-corrected chi connectivity index (χ1v) is 19.3. The maximum atomic E-state index is 12.1. The van der Waals surface area contributed by atoms with E-state index in [1.165, 1.54) is 13.8 Å². The number of hydrogen-bond donors (Lipinski definition) is 1. The lowest BCUT2D eigenvalue weighted by atomic mass is 9.97. The van der Waals surface area contributed by atoms with Crippen molar-refractivity contribution in [2.24, 2.45) is 0 Å². The van der Waals surface area contributed by atoms with E-state index in [1.54, 1.807) is 24.3 Å². The summed E-state index contributed by atoms with van der Waals surface area (Å²) in [6.45, 7) is 19.0. The number of aliphatic hydroxyl groups is 1. The van der Waals surface area contributed by atoms with Crippen LogP contribution >= 0.6 is 0 Å². The number of benzene rings is 1. The van der Waals surface area contributed by atoms with Crippen molar-refractivity contribution in [1.29, 1.82) is 0 Å². The van der Waals surface area contributed by atoms with Crippen LogP contribution in [-0.2, 0) is 8.23 Å². The molecule has 176 valence electrons. The van der Waals surface area contributed by atoms with Crippen molar-refractivity contribution in [3.05, 3.63) is 29.8 Å². The van der Waals surface area contributed by atoms with Crippen LogP contribution in [0, 0.1) is 0 Å². The summed E-state index contributed by atoms with van der Waals surface area (Å²) in [5.41, 5.74) is -0.892. The topological polar surface area (TPSA) is 65.0 Å². The molecule has 0 aliphatic heterocycles. The fraction of sp³-hybridized carbons (Fsp3) is 0.682. The molecule has 0 aliphatic carbocycles. The number of Topliss-reactive ketones (excluding diaryl/α,β-unsaturated/α-hetero) is 1. The van der Waals surface area contributed by atoms with Crippen molar-refractivity contribution >= 4 is 31.0 Å². The van der Waals surface area contributed by atoms with Crippen LogP contribution < -0.4 is 4.74 Å². The molecule has 1 rings (SSSR count). The molecule has 30 heavy (non-hydrogen) atoms. The Hall–Kier alpha value is -0.779. The van der Waals surface area contributed by atoms with Gasteiger partial charge in [0.05, 0.1) is 6.61 Å². The molecule has 0 atom stereocenters. The van der Waals surface area contributed by atoms with E-state index in [-0.39, 0.29) is 20.6 Å². The second kappa shape index (κ2) is 11.7. The molecule has 0 amide bonds. The first kappa shape index (κ1) is 31.4. The Morgan fingerprint density at radius 1 is 0.900 bits per heavy atom. The van der Waals surface area contributed by atoms with E-state index in [1.807, 2.05) is 0 Å². The van der Waals surface area contributed by atoms with Gasteiger partial charge in [-0.05, 0) is 96.4 Å². The van der Waals surface area contributed by atoms with E-state index >= 15 is 0 Å². The van der Waals surface area contributed by atoms with Gasteiger partial charge in [0, 0.05) is 5.56 Å². The van der Waals surface area contributed by atoms with Crippen molar-refractivity contribution in [1.82, 2.24) is 0 Å². The van der Waals surface area contributed by atoms with Crippen molar-refractivity contribution in [2.75, 3.05) is 6.61 Å². The minimum Gasteiger partial charge on any atom is -0.494 e. The highest BCUT2D eigenvalue weighted by atomic mass is 28.5. The molecule has 0 spiro atoms. The molecule has 0 fully saturated rings. The summed E-state index contributed by atoms with van der Waals surface area (Å²) in [4.78, 5) is 12.1. The number of carbonyl (C=O) groups excluding carboxylic acids is 1. The largest absolute Gasteiger partial charge is 0.494 e. The van der Waals surface area contributed by atoms with Gasteiger partial charge in [-0.2, -0.15) is 0 Å². The lowest BCUT2D eigenvalue weighted by molar-refractivity contribution is 0.0488. The van der Waals surface area contributed by atoms with E-state index in [0.717, 1.165) is 12.5 Å². The smallest absolute Gasteiger partial charge is 0.314 e. The van der Waals surface area contributed by atoms with E-state index in [9.17, 15) is 9.90 Å². The Bertz CT molecular complexity index is 625. The predicted molar refractivity (Wildman–Crippen MR) is 136 cm³/mol. The van der Waals surface area contributed by atoms with Gasteiger partial charge in [-0.25, -0.2) is 0 Å². The van der Waals surface area contributed by atoms with Gasteiger partial charge in [0.25, 0.3) is 0 Å². The molecular formula is C22H46O5Si3. The van der Waals surface area contributed by atoms with Gasteiger partial charge in [-0.1, -0.05) is 14.9 Å². The molecule has 1 aromatic rings. The summed E-state index contributed by atoms with van der Waals surface area (Å²) in [5.74, 6) is 0.417. The fourth-order valence-electron chi connectivity index (χ4n) is 3.06.